The van der Waals surface area contributed by atoms with Gasteiger partial charge in [0.25, 0.3) is 0 Å². The van der Waals surface area contributed by atoms with Gasteiger partial charge >= 0.3 is 0 Å². The maximum Gasteiger partial charge on any atom is 0.237 e. The topological polar surface area (TPSA) is 41.1 Å². The smallest absolute Gasteiger partial charge is 0.237 e. The third-order valence-electron chi connectivity index (χ3n) is 2.84. The van der Waals surface area contributed by atoms with Crippen molar-refractivity contribution >= 4 is 5.91 Å². The molecule has 1 aliphatic carbocycles. The van der Waals surface area contributed by atoms with E-state index in [1.807, 2.05) is 0 Å². The third-order valence-corrected chi connectivity index (χ3v) is 2.84. The van der Waals surface area contributed by atoms with E-state index in [2.05, 4.69) is 10.6 Å². The maximum absolute atomic E-state index is 11.4. The lowest BCUT2D eigenvalue weighted by Gasteiger charge is -2.27. The molecule has 2 aliphatic rings. The number of nitrogens with one attached hydrogen (secondary N) is 2. The van der Waals surface area contributed by atoms with Gasteiger partial charge in [0.2, 0.25) is 5.91 Å². The predicted octanol–water partition coefficient (Wildman–Crippen LogP) is 0.407. The third kappa shape index (κ3) is 1.61. The summed E-state index contributed by atoms with van der Waals surface area (Å²) in [5, 5.41) is 6.19. The Bertz CT molecular complexity index is 171. The van der Waals surface area contributed by atoms with Gasteiger partial charge < -0.3 is 10.6 Å². The highest BCUT2D eigenvalue weighted by Crippen LogP contribution is 2.18. The Labute approximate surface area is 72.9 Å². The van der Waals surface area contributed by atoms with E-state index in [1.54, 1.807) is 0 Å². The summed E-state index contributed by atoms with van der Waals surface area (Å²) in [6.45, 7) is 1.00. The van der Waals surface area contributed by atoms with Gasteiger partial charge in [0, 0.05) is 6.04 Å². The lowest BCUT2D eigenvalue weighted by Crippen LogP contribution is -2.54. The monoisotopic (exact) mass is 168 g/mol. The van der Waals surface area contributed by atoms with Gasteiger partial charge in [-0.2, -0.15) is 0 Å². The summed E-state index contributed by atoms with van der Waals surface area (Å²) in [5.74, 6) is 0.216. The van der Waals surface area contributed by atoms with Crippen molar-refractivity contribution in [2.45, 2.75) is 44.2 Å². The first kappa shape index (κ1) is 8.05. The molecule has 68 valence electrons. The van der Waals surface area contributed by atoms with Crippen LogP contribution in [-0.2, 0) is 4.79 Å². The van der Waals surface area contributed by atoms with E-state index in [0.717, 1.165) is 13.0 Å². The van der Waals surface area contributed by atoms with Gasteiger partial charge in [0.1, 0.15) is 0 Å². The molecule has 0 spiro atoms. The molecule has 0 radical (unpaired) electrons. The van der Waals surface area contributed by atoms with Gasteiger partial charge in [-0.15, -0.1) is 0 Å². The first-order valence-corrected chi connectivity index (χ1v) is 4.90. The number of carbonyl (C=O) groups excluding carboxylic acids is 1. The summed E-state index contributed by atoms with van der Waals surface area (Å²) >= 11 is 0. The van der Waals surface area contributed by atoms with E-state index in [9.17, 15) is 4.79 Å². The average Bonchev–Trinajstić information content (AvgIpc) is 2.34. The number of rotatable bonds is 2. The number of carbonyl (C=O) groups is 1. The fourth-order valence-electron chi connectivity index (χ4n) is 1.88. The maximum atomic E-state index is 11.4. The predicted molar refractivity (Wildman–Crippen MR) is 46.8 cm³/mol. The zero-order chi connectivity index (χ0) is 8.39. The largest absolute Gasteiger partial charge is 0.352 e. The van der Waals surface area contributed by atoms with E-state index in [4.69, 9.17) is 0 Å². The van der Waals surface area contributed by atoms with Gasteiger partial charge in [0.15, 0.2) is 0 Å². The van der Waals surface area contributed by atoms with Gasteiger partial charge in [-0.25, -0.2) is 0 Å². The molecule has 0 aromatic carbocycles. The minimum absolute atomic E-state index is 0.116. The Morgan fingerprint density at radius 3 is 2.42 bits per heavy atom. The summed E-state index contributed by atoms with van der Waals surface area (Å²) < 4.78 is 0. The van der Waals surface area contributed by atoms with Crippen LogP contribution in [0.15, 0.2) is 0 Å². The molecular weight excluding hydrogens is 152 g/mol. The van der Waals surface area contributed by atoms with Crippen LogP contribution in [0.2, 0.25) is 0 Å². The van der Waals surface area contributed by atoms with Crippen molar-refractivity contribution in [3.05, 3.63) is 0 Å². The Hall–Kier alpha value is -0.570. The minimum Gasteiger partial charge on any atom is -0.352 e. The summed E-state index contributed by atoms with van der Waals surface area (Å²) in [5.41, 5.74) is 0. The second-order valence-electron chi connectivity index (χ2n) is 3.79. The molecule has 1 saturated carbocycles. The molecule has 2 rings (SSSR count). The molecule has 0 bridgehead atoms. The molecule has 1 aliphatic heterocycles. The molecule has 0 unspecified atom stereocenters. The molecular formula is C9H16N2O. The van der Waals surface area contributed by atoms with Crippen LogP contribution in [-0.4, -0.2) is 24.5 Å². The minimum atomic E-state index is 0.116. The molecule has 0 aromatic heterocycles. The summed E-state index contributed by atoms with van der Waals surface area (Å²) in [6, 6.07) is 0.588. The summed E-state index contributed by atoms with van der Waals surface area (Å²) in [6.07, 6.45) is 5.93. The second-order valence-corrected chi connectivity index (χ2v) is 3.79. The zero-order valence-corrected chi connectivity index (χ0v) is 7.31. The van der Waals surface area contributed by atoms with Crippen LogP contribution in [0.25, 0.3) is 0 Å². The van der Waals surface area contributed by atoms with Gasteiger partial charge in [-0.1, -0.05) is 12.8 Å². The van der Waals surface area contributed by atoms with E-state index >= 15 is 0 Å². The van der Waals surface area contributed by atoms with Gasteiger partial charge in [-0.05, 0) is 25.8 Å². The van der Waals surface area contributed by atoms with E-state index < -0.39 is 0 Å². The SMILES string of the molecule is O=C(NC1CCCC1)[C@@H]1CCN1. The van der Waals surface area contributed by atoms with Crippen molar-refractivity contribution in [1.82, 2.24) is 10.6 Å². The fourth-order valence-corrected chi connectivity index (χ4v) is 1.88. The van der Waals surface area contributed by atoms with Crippen LogP contribution in [0.5, 0.6) is 0 Å². The van der Waals surface area contributed by atoms with E-state index in [0.29, 0.717) is 6.04 Å². The van der Waals surface area contributed by atoms with Crippen molar-refractivity contribution < 1.29 is 4.79 Å². The lowest BCUT2D eigenvalue weighted by molar-refractivity contribution is -0.125. The van der Waals surface area contributed by atoms with E-state index in [1.165, 1.54) is 25.7 Å². The highest BCUT2D eigenvalue weighted by molar-refractivity contribution is 5.82. The number of hydrogen-bond donors (Lipinski definition) is 2. The molecule has 1 atom stereocenters. The van der Waals surface area contributed by atoms with Crippen LogP contribution in [0.1, 0.15) is 32.1 Å². The normalized spacial score (nSPS) is 29.8. The molecule has 12 heavy (non-hydrogen) atoms. The molecule has 1 saturated heterocycles. The highest BCUT2D eigenvalue weighted by atomic mass is 16.2. The zero-order valence-electron chi connectivity index (χ0n) is 7.31. The van der Waals surface area contributed by atoms with Crippen LogP contribution in [0.4, 0.5) is 0 Å². The average molecular weight is 168 g/mol. The first-order chi connectivity index (χ1) is 5.86. The standard InChI is InChI=1S/C9H16N2O/c12-9(8-5-6-10-8)11-7-3-1-2-4-7/h7-8,10H,1-6H2,(H,11,12)/t8-/m0/s1. The molecule has 2 N–H and O–H groups in total. The van der Waals surface area contributed by atoms with Crippen molar-refractivity contribution in [3.63, 3.8) is 0 Å². The molecule has 0 aromatic rings. The van der Waals surface area contributed by atoms with Crippen molar-refractivity contribution in [1.29, 1.82) is 0 Å². The Morgan fingerprint density at radius 2 is 1.92 bits per heavy atom. The molecule has 1 amide bonds. The van der Waals surface area contributed by atoms with Crippen molar-refractivity contribution in [3.8, 4) is 0 Å². The molecule has 3 nitrogen and oxygen atoms in total. The second kappa shape index (κ2) is 3.44. The summed E-state index contributed by atoms with van der Waals surface area (Å²) in [7, 11) is 0. The van der Waals surface area contributed by atoms with Gasteiger partial charge in [0.05, 0.1) is 6.04 Å². The lowest BCUT2D eigenvalue weighted by atomic mass is 10.1. The highest BCUT2D eigenvalue weighted by Gasteiger charge is 2.26. The molecule has 3 heteroatoms. The Morgan fingerprint density at radius 1 is 1.25 bits per heavy atom. The Kier molecular flexibility index (Phi) is 2.30. The van der Waals surface area contributed by atoms with Crippen molar-refractivity contribution in [2.75, 3.05) is 6.54 Å². The van der Waals surface area contributed by atoms with Gasteiger partial charge in [-0.3, -0.25) is 4.79 Å². The van der Waals surface area contributed by atoms with Crippen LogP contribution in [0, 0.1) is 0 Å². The number of hydrogen-bond acceptors (Lipinski definition) is 2. The first-order valence-electron chi connectivity index (χ1n) is 4.90. The quantitative estimate of drug-likeness (QED) is 0.627. The molecule has 1 heterocycles. The fraction of sp³-hybridized carbons (Fsp3) is 0.889. The van der Waals surface area contributed by atoms with Crippen LogP contribution < -0.4 is 10.6 Å². The van der Waals surface area contributed by atoms with Crippen LogP contribution >= 0.6 is 0 Å². The van der Waals surface area contributed by atoms with Crippen LogP contribution in [0.3, 0.4) is 0 Å². The Balaban J connectivity index is 1.73. The number of amides is 1. The van der Waals surface area contributed by atoms with Crippen molar-refractivity contribution in [2.24, 2.45) is 0 Å². The summed E-state index contributed by atoms with van der Waals surface area (Å²) in [4.78, 5) is 11.4. The molecule has 2 fully saturated rings. The van der Waals surface area contributed by atoms with E-state index in [-0.39, 0.29) is 11.9 Å².